The number of aromatic nitrogens is 1. The molecular formula is C18H22N2O3. The number of pyridine rings is 1. The first kappa shape index (κ1) is 15.6. The SMILES string of the molecule is CCn1cc(C(=O)NC2CCCC2)c(=O)c2cc(OC)ccc21. The lowest BCUT2D eigenvalue weighted by molar-refractivity contribution is 0.0936. The fourth-order valence-electron chi connectivity index (χ4n) is 3.26. The normalized spacial score (nSPS) is 15.0. The van der Waals surface area contributed by atoms with Gasteiger partial charge in [-0.1, -0.05) is 12.8 Å². The van der Waals surface area contributed by atoms with E-state index in [0.29, 0.717) is 17.7 Å². The second-order valence-electron chi connectivity index (χ2n) is 6.00. The lowest BCUT2D eigenvalue weighted by Crippen LogP contribution is -2.36. The minimum Gasteiger partial charge on any atom is -0.497 e. The van der Waals surface area contributed by atoms with Gasteiger partial charge in [-0.15, -0.1) is 0 Å². The highest BCUT2D eigenvalue weighted by atomic mass is 16.5. The summed E-state index contributed by atoms with van der Waals surface area (Å²) in [6.45, 7) is 2.68. The first-order valence-corrected chi connectivity index (χ1v) is 8.16. The fourth-order valence-corrected chi connectivity index (χ4v) is 3.26. The highest BCUT2D eigenvalue weighted by Crippen LogP contribution is 2.20. The van der Waals surface area contributed by atoms with Gasteiger partial charge in [0.05, 0.1) is 18.0 Å². The summed E-state index contributed by atoms with van der Waals surface area (Å²) in [5.41, 5.74) is 0.786. The van der Waals surface area contributed by atoms with Gasteiger partial charge in [0.2, 0.25) is 5.43 Å². The molecule has 0 unspecified atom stereocenters. The third kappa shape index (κ3) is 2.96. The average Bonchev–Trinajstić information content (AvgIpc) is 3.07. The summed E-state index contributed by atoms with van der Waals surface area (Å²) in [6.07, 6.45) is 5.93. The average molecular weight is 314 g/mol. The van der Waals surface area contributed by atoms with Gasteiger partial charge in [-0.2, -0.15) is 0 Å². The maximum Gasteiger partial charge on any atom is 0.256 e. The summed E-state index contributed by atoms with van der Waals surface area (Å²) in [7, 11) is 1.57. The molecule has 1 amide bonds. The standard InChI is InChI=1S/C18H22N2O3/c1-3-20-11-15(18(22)19-12-6-4-5-7-12)17(21)14-10-13(23-2)8-9-16(14)20/h8-12H,3-7H2,1-2H3,(H,19,22). The van der Waals surface area contributed by atoms with E-state index in [0.717, 1.165) is 31.2 Å². The number of methoxy groups -OCH3 is 1. The third-order valence-corrected chi connectivity index (χ3v) is 4.56. The van der Waals surface area contributed by atoms with Gasteiger partial charge in [0.15, 0.2) is 0 Å². The van der Waals surface area contributed by atoms with Gasteiger partial charge in [0.1, 0.15) is 11.3 Å². The molecule has 0 saturated heterocycles. The van der Waals surface area contributed by atoms with Crippen LogP contribution >= 0.6 is 0 Å². The first-order chi connectivity index (χ1) is 11.1. The molecule has 1 heterocycles. The van der Waals surface area contributed by atoms with Crippen molar-refractivity contribution in [2.45, 2.75) is 45.2 Å². The Balaban J connectivity index is 2.07. The largest absolute Gasteiger partial charge is 0.497 e. The Labute approximate surface area is 135 Å². The van der Waals surface area contributed by atoms with Gasteiger partial charge in [-0.3, -0.25) is 9.59 Å². The van der Waals surface area contributed by atoms with Crippen molar-refractivity contribution >= 4 is 16.8 Å². The van der Waals surface area contributed by atoms with Gasteiger partial charge in [-0.25, -0.2) is 0 Å². The minimum absolute atomic E-state index is 0.193. The number of benzene rings is 1. The van der Waals surface area contributed by atoms with Crippen LogP contribution in [0, 0.1) is 0 Å². The lowest BCUT2D eigenvalue weighted by Gasteiger charge is -2.15. The molecule has 23 heavy (non-hydrogen) atoms. The number of amides is 1. The number of aryl methyl sites for hydroxylation is 1. The molecule has 3 rings (SSSR count). The molecule has 1 aromatic carbocycles. The van der Waals surface area contributed by atoms with Crippen molar-refractivity contribution in [2.24, 2.45) is 0 Å². The number of carbonyl (C=O) groups is 1. The second-order valence-corrected chi connectivity index (χ2v) is 6.00. The summed E-state index contributed by atoms with van der Waals surface area (Å²) >= 11 is 0. The summed E-state index contributed by atoms with van der Waals surface area (Å²) < 4.78 is 7.14. The molecule has 1 aliphatic carbocycles. The molecule has 0 spiro atoms. The van der Waals surface area contributed by atoms with Crippen molar-refractivity contribution in [3.63, 3.8) is 0 Å². The number of nitrogens with one attached hydrogen (secondary N) is 1. The zero-order chi connectivity index (χ0) is 16.4. The van der Waals surface area contributed by atoms with Gasteiger partial charge >= 0.3 is 0 Å². The van der Waals surface area contributed by atoms with Crippen molar-refractivity contribution in [2.75, 3.05) is 7.11 Å². The molecule has 5 nitrogen and oxygen atoms in total. The molecule has 0 atom stereocenters. The lowest BCUT2D eigenvalue weighted by atomic mass is 10.1. The molecule has 2 aromatic rings. The Morgan fingerprint density at radius 1 is 1.35 bits per heavy atom. The van der Waals surface area contributed by atoms with Crippen LogP contribution in [0.4, 0.5) is 0 Å². The number of nitrogens with zero attached hydrogens (tertiary/aromatic N) is 1. The number of ether oxygens (including phenoxy) is 1. The number of hydrogen-bond donors (Lipinski definition) is 1. The van der Waals surface area contributed by atoms with Crippen LogP contribution in [0.2, 0.25) is 0 Å². The molecule has 0 bridgehead atoms. The smallest absolute Gasteiger partial charge is 0.256 e. The van der Waals surface area contributed by atoms with Gasteiger partial charge in [0.25, 0.3) is 5.91 Å². The molecule has 0 radical (unpaired) electrons. The van der Waals surface area contributed by atoms with Crippen LogP contribution in [0.25, 0.3) is 10.9 Å². The summed E-state index contributed by atoms with van der Waals surface area (Å²) in [5, 5.41) is 3.52. The predicted octanol–water partition coefficient (Wildman–Crippen LogP) is 2.70. The summed E-state index contributed by atoms with van der Waals surface area (Å²) in [4.78, 5) is 25.3. The van der Waals surface area contributed by atoms with Crippen molar-refractivity contribution in [3.05, 3.63) is 40.2 Å². The number of hydrogen-bond acceptors (Lipinski definition) is 3. The maximum atomic E-state index is 12.8. The van der Waals surface area contributed by atoms with Gasteiger partial charge in [-0.05, 0) is 38.0 Å². The number of carbonyl (C=O) groups excluding carboxylic acids is 1. The van der Waals surface area contributed by atoms with Crippen LogP contribution in [0.3, 0.4) is 0 Å². The highest BCUT2D eigenvalue weighted by Gasteiger charge is 2.21. The van der Waals surface area contributed by atoms with Crippen LogP contribution in [0.1, 0.15) is 43.0 Å². The van der Waals surface area contributed by atoms with E-state index in [1.165, 1.54) is 0 Å². The van der Waals surface area contributed by atoms with E-state index in [2.05, 4.69) is 5.32 Å². The van der Waals surface area contributed by atoms with E-state index in [9.17, 15) is 9.59 Å². The monoisotopic (exact) mass is 314 g/mol. The van der Waals surface area contributed by atoms with Crippen LogP contribution < -0.4 is 15.5 Å². The highest BCUT2D eigenvalue weighted by molar-refractivity contribution is 5.97. The fraction of sp³-hybridized carbons (Fsp3) is 0.444. The molecule has 1 N–H and O–H groups in total. The Kier molecular flexibility index (Phi) is 4.37. The van der Waals surface area contributed by atoms with Crippen LogP contribution in [-0.2, 0) is 6.54 Å². The third-order valence-electron chi connectivity index (χ3n) is 4.56. The zero-order valence-corrected chi connectivity index (χ0v) is 13.6. The van der Waals surface area contributed by atoms with E-state index < -0.39 is 0 Å². The van der Waals surface area contributed by atoms with Gasteiger partial charge in [0, 0.05) is 18.8 Å². The van der Waals surface area contributed by atoms with Crippen LogP contribution in [-0.4, -0.2) is 23.6 Å². The molecule has 1 fully saturated rings. The van der Waals surface area contributed by atoms with E-state index in [1.54, 1.807) is 19.4 Å². The van der Waals surface area contributed by atoms with E-state index >= 15 is 0 Å². The maximum absolute atomic E-state index is 12.8. The summed E-state index contributed by atoms with van der Waals surface area (Å²) in [5.74, 6) is 0.347. The second kappa shape index (κ2) is 6.44. The van der Waals surface area contributed by atoms with Crippen molar-refractivity contribution < 1.29 is 9.53 Å². The number of rotatable bonds is 4. The van der Waals surface area contributed by atoms with Crippen LogP contribution in [0.5, 0.6) is 5.75 Å². The Hall–Kier alpha value is -2.30. The molecular weight excluding hydrogens is 292 g/mol. The molecule has 1 aromatic heterocycles. The molecule has 0 aliphatic heterocycles. The van der Waals surface area contributed by atoms with Gasteiger partial charge < -0.3 is 14.6 Å². The van der Waals surface area contributed by atoms with E-state index in [-0.39, 0.29) is 22.9 Å². The molecule has 1 saturated carbocycles. The Morgan fingerprint density at radius 2 is 2.09 bits per heavy atom. The van der Waals surface area contributed by atoms with Crippen LogP contribution in [0.15, 0.2) is 29.2 Å². The predicted molar refractivity (Wildman–Crippen MR) is 90.2 cm³/mol. The van der Waals surface area contributed by atoms with E-state index in [4.69, 9.17) is 4.74 Å². The minimum atomic E-state index is -0.270. The Bertz CT molecular complexity index is 789. The molecule has 5 heteroatoms. The molecule has 1 aliphatic rings. The summed E-state index contributed by atoms with van der Waals surface area (Å²) in [6, 6.07) is 5.58. The quantitative estimate of drug-likeness (QED) is 0.944. The number of fused-ring (bicyclic) bond motifs is 1. The van der Waals surface area contributed by atoms with Crippen molar-refractivity contribution in [1.82, 2.24) is 9.88 Å². The Morgan fingerprint density at radius 3 is 2.74 bits per heavy atom. The van der Waals surface area contributed by atoms with Crippen molar-refractivity contribution in [3.8, 4) is 5.75 Å². The molecule has 122 valence electrons. The van der Waals surface area contributed by atoms with Crippen molar-refractivity contribution in [1.29, 1.82) is 0 Å². The topological polar surface area (TPSA) is 60.3 Å². The zero-order valence-electron chi connectivity index (χ0n) is 13.6. The first-order valence-electron chi connectivity index (χ1n) is 8.16. The van der Waals surface area contributed by atoms with E-state index in [1.807, 2.05) is 23.6 Å².